The predicted octanol–water partition coefficient (Wildman–Crippen LogP) is 2.76. The Kier molecular flexibility index (Phi) is 1.80. The van der Waals surface area contributed by atoms with Crippen molar-refractivity contribution < 1.29 is 8.42 Å². The van der Waals surface area contributed by atoms with Gasteiger partial charge in [0.1, 0.15) is 0 Å². The number of hydrogen-bond donors (Lipinski definition) is 0. The molecule has 2 aliphatic rings. The highest BCUT2D eigenvalue weighted by Crippen LogP contribution is 2.45. The Morgan fingerprint density at radius 3 is 2.60 bits per heavy atom. The van der Waals surface area contributed by atoms with Crippen LogP contribution in [-0.2, 0) is 9.84 Å². The van der Waals surface area contributed by atoms with Crippen LogP contribution in [0.3, 0.4) is 0 Å². The quantitative estimate of drug-likeness (QED) is 0.673. The van der Waals surface area contributed by atoms with Crippen molar-refractivity contribution in [3.8, 4) is 0 Å². The van der Waals surface area contributed by atoms with Crippen LogP contribution in [0.15, 0.2) is 34.1 Å². The van der Waals surface area contributed by atoms with Gasteiger partial charge in [-0.05, 0) is 42.9 Å². The number of rotatable bonds is 0. The summed E-state index contributed by atoms with van der Waals surface area (Å²) in [5, 5.41) is 0. The van der Waals surface area contributed by atoms with Crippen LogP contribution in [0.25, 0.3) is 5.57 Å². The van der Waals surface area contributed by atoms with Crippen LogP contribution in [0.4, 0.5) is 0 Å². The van der Waals surface area contributed by atoms with Gasteiger partial charge in [0, 0.05) is 0 Å². The van der Waals surface area contributed by atoms with Gasteiger partial charge in [-0.15, -0.1) is 0 Å². The standard InChI is InChI=1S/C12H12O2S/c13-15(14)11-7-3-1-5-9(11)10-6-2-4-8-12(10)15/h1,3,5,7H,2,4,6,8H2. The van der Waals surface area contributed by atoms with E-state index in [1.165, 1.54) is 0 Å². The van der Waals surface area contributed by atoms with Crippen LogP contribution in [0.1, 0.15) is 31.2 Å². The summed E-state index contributed by atoms with van der Waals surface area (Å²) in [6.07, 6.45) is 3.77. The zero-order valence-corrected chi connectivity index (χ0v) is 9.18. The molecule has 0 fully saturated rings. The number of benzene rings is 1. The Labute approximate surface area is 89.5 Å². The van der Waals surface area contributed by atoms with E-state index in [2.05, 4.69) is 0 Å². The molecule has 0 unspecified atom stereocenters. The van der Waals surface area contributed by atoms with Gasteiger partial charge in [0.05, 0.1) is 9.80 Å². The lowest BCUT2D eigenvalue weighted by Crippen LogP contribution is -2.02. The van der Waals surface area contributed by atoms with E-state index in [0.29, 0.717) is 9.80 Å². The molecule has 0 bridgehead atoms. The maximum atomic E-state index is 12.2. The Morgan fingerprint density at radius 1 is 1.00 bits per heavy atom. The summed E-state index contributed by atoms with van der Waals surface area (Å²) in [4.78, 5) is 1.21. The lowest BCUT2D eigenvalue weighted by molar-refractivity contribution is 0.599. The normalized spacial score (nSPS) is 22.4. The Morgan fingerprint density at radius 2 is 1.73 bits per heavy atom. The fourth-order valence-electron chi connectivity index (χ4n) is 2.54. The van der Waals surface area contributed by atoms with E-state index in [1.807, 2.05) is 12.1 Å². The second-order valence-electron chi connectivity index (χ2n) is 4.11. The minimum atomic E-state index is -3.13. The zero-order valence-electron chi connectivity index (χ0n) is 8.36. The maximum absolute atomic E-state index is 12.2. The first-order valence-electron chi connectivity index (χ1n) is 5.28. The predicted molar refractivity (Wildman–Crippen MR) is 59.0 cm³/mol. The number of allylic oxidation sites excluding steroid dienone is 2. The third-order valence-corrected chi connectivity index (χ3v) is 5.28. The van der Waals surface area contributed by atoms with Gasteiger partial charge in [0.15, 0.2) is 0 Å². The smallest absolute Gasteiger partial charge is 0.203 e. The van der Waals surface area contributed by atoms with Gasteiger partial charge in [-0.1, -0.05) is 18.2 Å². The van der Waals surface area contributed by atoms with Gasteiger partial charge in [-0.3, -0.25) is 0 Å². The SMILES string of the molecule is O=S1(=O)C2=C(CCCC2)c2ccccc21. The minimum absolute atomic E-state index is 0.525. The number of hydrogen-bond acceptors (Lipinski definition) is 2. The molecule has 1 aliphatic carbocycles. The van der Waals surface area contributed by atoms with Crippen molar-refractivity contribution in [1.29, 1.82) is 0 Å². The monoisotopic (exact) mass is 220 g/mol. The topological polar surface area (TPSA) is 34.1 Å². The van der Waals surface area contributed by atoms with Crippen LogP contribution in [0.5, 0.6) is 0 Å². The van der Waals surface area contributed by atoms with Crippen molar-refractivity contribution in [1.82, 2.24) is 0 Å². The average Bonchev–Trinajstić information content (AvgIpc) is 2.51. The third kappa shape index (κ3) is 1.13. The molecule has 0 aromatic heterocycles. The molecule has 0 amide bonds. The molecule has 0 radical (unpaired) electrons. The summed E-state index contributed by atoms with van der Waals surface area (Å²) >= 11 is 0. The Balaban J connectivity index is 2.35. The highest BCUT2D eigenvalue weighted by molar-refractivity contribution is 7.96. The van der Waals surface area contributed by atoms with E-state index in [-0.39, 0.29) is 0 Å². The lowest BCUT2D eigenvalue weighted by atomic mass is 9.94. The Bertz CT molecular complexity index is 553. The molecule has 78 valence electrons. The van der Waals surface area contributed by atoms with Crippen molar-refractivity contribution in [3.63, 3.8) is 0 Å². The second kappa shape index (κ2) is 2.95. The van der Waals surface area contributed by atoms with Gasteiger partial charge in [0.2, 0.25) is 9.84 Å². The molecule has 3 heteroatoms. The number of fused-ring (bicyclic) bond motifs is 2. The van der Waals surface area contributed by atoms with Crippen LogP contribution in [-0.4, -0.2) is 8.42 Å². The first-order valence-corrected chi connectivity index (χ1v) is 6.76. The molecule has 1 aliphatic heterocycles. The van der Waals surface area contributed by atoms with Gasteiger partial charge in [-0.25, -0.2) is 8.42 Å². The first kappa shape index (κ1) is 9.16. The molecular formula is C12H12O2S. The second-order valence-corrected chi connectivity index (χ2v) is 6.05. The summed E-state index contributed by atoms with van der Waals surface area (Å²) in [5.41, 5.74) is 2.03. The Hall–Kier alpha value is -1.09. The minimum Gasteiger partial charge on any atom is -0.219 e. The van der Waals surface area contributed by atoms with Crippen molar-refractivity contribution in [2.75, 3.05) is 0 Å². The van der Waals surface area contributed by atoms with Gasteiger partial charge in [0.25, 0.3) is 0 Å². The molecule has 1 aromatic carbocycles. The summed E-state index contributed by atoms with van der Waals surface area (Å²) in [5.74, 6) is 0. The van der Waals surface area contributed by atoms with Gasteiger partial charge in [-0.2, -0.15) is 0 Å². The summed E-state index contributed by atoms with van der Waals surface area (Å²) < 4.78 is 24.3. The molecule has 0 spiro atoms. The van der Waals surface area contributed by atoms with Crippen molar-refractivity contribution in [3.05, 3.63) is 34.7 Å². The molecule has 3 rings (SSSR count). The van der Waals surface area contributed by atoms with E-state index in [4.69, 9.17) is 0 Å². The molecule has 0 atom stereocenters. The van der Waals surface area contributed by atoms with E-state index in [0.717, 1.165) is 36.8 Å². The van der Waals surface area contributed by atoms with Gasteiger partial charge < -0.3 is 0 Å². The molecule has 1 heterocycles. The molecule has 0 saturated carbocycles. The highest BCUT2D eigenvalue weighted by atomic mass is 32.2. The van der Waals surface area contributed by atoms with Crippen LogP contribution < -0.4 is 0 Å². The largest absolute Gasteiger partial charge is 0.219 e. The highest BCUT2D eigenvalue weighted by Gasteiger charge is 2.35. The van der Waals surface area contributed by atoms with E-state index in [9.17, 15) is 8.42 Å². The van der Waals surface area contributed by atoms with Crippen molar-refractivity contribution in [2.24, 2.45) is 0 Å². The van der Waals surface area contributed by atoms with E-state index in [1.54, 1.807) is 12.1 Å². The molecule has 0 N–H and O–H groups in total. The van der Waals surface area contributed by atoms with Crippen LogP contribution in [0.2, 0.25) is 0 Å². The summed E-state index contributed by atoms with van der Waals surface area (Å²) in [7, 11) is -3.13. The fourth-order valence-corrected chi connectivity index (χ4v) is 4.50. The molecule has 0 saturated heterocycles. The van der Waals surface area contributed by atoms with E-state index < -0.39 is 9.84 Å². The van der Waals surface area contributed by atoms with Crippen molar-refractivity contribution in [2.45, 2.75) is 30.6 Å². The number of sulfone groups is 1. The third-order valence-electron chi connectivity index (χ3n) is 3.24. The van der Waals surface area contributed by atoms with Crippen molar-refractivity contribution >= 4 is 15.4 Å². The van der Waals surface area contributed by atoms with Gasteiger partial charge >= 0.3 is 0 Å². The first-order chi connectivity index (χ1) is 7.21. The summed E-state index contributed by atoms with van der Waals surface area (Å²) in [6.45, 7) is 0. The molecule has 2 nitrogen and oxygen atoms in total. The fraction of sp³-hybridized carbons (Fsp3) is 0.333. The lowest BCUT2D eigenvalue weighted by Gasteiger charge is -2.12. The summed E-state index contributed by atoms with van der Waals surface area (Å²) in [6, 6.07) is 7.37. The van der Waals surface area contributed by atoms with Crippen LogP contribution >= 0.6 is 0 Å². The van der Waals surface area contributed by atoms with Crippen LogP contribution in [0, 0.1) is 0 Å². The molecular weight excluding hydrogens is 208 g/mol. The zero-order chi connectivity index (χ0) is 10.5. The molecule has 1 aromatic rings. The average molecular weight is 220 g/mol. The maximum Gasteiger partial charge on any atom is 0.203 e. The van der Waals surface area contributed by atoms with E-state index >= 15 is 0 Å². The molecule has 15 heavy (non-hydrogen) atoms.